The molecule has 0 radical (unpaired) electrons. The Kier molecular flexibility index (Phi) is 5.55. The van der Waals surface area contributed by atoms with Crippen molar-refractivity contribution in [3.8, 4) is 0 Å². The molecule has 0 bridgehead atoms. The number of rotatable bonds is 5. The Balaban J connectivity index is 1.92. The minimum Gasteiger partial charge on any atom is -0.374 e. The summed E-state index contributed by atoms with van der Waals surface area (Å²) >= 11 is 6.01. The number of anilines is 1. The van der Waals surface area contributed by atoms with E-state index in [9.17, 15) is 4.79 Å². The number of amides is 1. The van der Waals surface area contributed by atoms with E-state index >= 15 is 0 Å². The van der Waals surface area contributed by atoms with Crippen LogP contribution in [0.25, 0.3) is 0 Å². The summed E-state index contributed by atoms with van der Waals surface area (Å²) in [5, 5.41) is 7.69. The average molecular weight is 316 g/mol. The maximum absolute atomic E-state index is 12.0. The second kappa shape index (κ2) is 7.61. The van der Waals surface area contributed by atoms with Crippen molar-refractivity contribution in [2.24, 2.45) is 5.10 Å². The van der Waals surface area contributed by atoms with E-state index < -0.39 is 6.04 Å². The largest absolute Gasteiger partial charge is 0.374 e. The third kappa shape index (κ3) is 4.33. The van der Waals surface area contributed by atoms with Gasteiger partial charge in [0.25, 0.3) is 5.91 Å². The lowest BCUT2D eigenvalue weighted by Crippen LogP contribution is -2.35. The van der Waals surface area contributed by atoms with Crippen LogP contribution in [0.5, 0.6) is 0 Å². The molecule has 0 fully saturated rings. The molecule has 114 valence electrons. The van der Waals surface area contributed by atoms with Gasteiger partial charge >= 0.3 is 0 Å². The van der Waals surface area contributed by atoms with Crippen LogP contribution in [-0.4, -0.2) is 18.2 Å². The second-order valence-electron chi connectivity index (χ2n) is 4.94. The topological polar surface area (TPSA) is 53.5 Å². The molecule has 4 nitrogen and oxygen atoms in total. The second-order valence-corrected chi connectivity index (χ2v) is 5.34. The number of nitrogens with one attached hydrogen (secondary N) is 2. The molecular weight excluding hydrogens is 298 g/mol. The Morgan fingerprint density at radius 3 is 2.59 bits per heavy atom. The molecule has 0 spiro atoms. The van der Waals surface area contributed by atoms with Gasteiger partial charge in [0.05, 0.1) is 6.21 Å². The van der Waals surface area contributed by atoms with Gasteiger partial charge in [0.2, 0.25) is 0 Å². The van der Waals surface area contributed by atoms with E-state index in [0.29, 0.717) is 5.02 Å². The van der Waals surface area contributed by atoms with Gasteiger partial charge < -0.3 is 5.32 Å². The molecule has 0 saturated heterocycles. The number of hydrogen-bond donors (Lipinski definition) is 2. The van der Waals surface area contributed by atoms with Crippen LogP contribution in [0.1, 0.15) is 18.1 Å². The lowest BCUT2D eigenvalue weighted by atomic mass is 10.2. The van der Waals surface area contributed by atoms with Gasteiger partial charge in [-0.25, -0.2) is 5.43 Å². The molecule has 1 unspecified atom stereocenters. The van der Waals surface area contributed by atoms with E-state index in [-0.39, 0.29) is 5.91 Å². The molecule has 22 heavy (non-hydrogen) atoms. The van der Waals surface area contributed by atoms with Gasteiger partial charge in [-0.1, -0.05) is 48.0 Å². The van der Waals surface area contributed by atoms with E-state index in [2.05, 4.69) is 15.8 Å². The Hall–Kier alpha value is -2.33. The first-order valence-corrected chi connectivity index (χ1v) is 7.35. The summed E-state index contributed by atoms with van der Waals surface area (Å²) in [5.41, 5.74) is 5.28. The molecule has 0 aliphatic carbocycles. The van der Waals surface area contributed by atoms with Crippen LogP contribution in [0.3, 0.4) is 0 Å². The van der Waals surface area contributed by atoms with Crippen LogP contribution >= 0.6 is 11.6 Å². The first-order valence-electron chi connectivity index (χ1n) is 6.97. The van der Waals surface area contributed by atoms with Crippen LogP contribution in [0, 0.1) is 6.92 Å². The van der Waals surface area contributed by atoms with Crippen molar-refractivity contribution in [2.45, 2.75) is 19.9 Å². The van der Waals surface area contributed by atoms with Crippen molar-refractivity contribution in [1.82, 2.24) is 5.43 Å². The van der Waals surface area contributed by atoms with Gasteiger partial charge in [-0.15, -0.1) is 0 Å². The summed E-state index contributed by atoms with van der Waals surface area (Å²) in [7, 11) is 0. The van der Waals surface area contributed by atoms with E-state index in [1.54, 1.807) is 13.0 Å². The molecule has 0 saturated carbocycles. The number of hydrazone groups is 1. The predicted octanol–water partition coefficient (Wildman–Crippen LogP) is 3.60. The van der Waals surface area contributed by atoms with Gasteiger partial charge in [0, 0.05) is 16.3 Å². The lowest BCUT2D eigenvalue weighted by molar-refractivity contribution is -0.121. The zero-order chi connectivity index (χ0) is 15.9. The lowest BCUT2D eigenvalue weighted by Gasteiger charge is -2.15. The molecule has 0 aromatic heterocycles. The molecule has 2 N–H and O–H groups in total. The summed E-state index contributed by atoms with van der Waals surface area (Å²) < 4.78 is 0. The molecular formula is C17H18ClN3O. The molecule has 0 aliphatic heterocycles. The van der Waals surface area contributed by atoms with Crippen molar-refractivity contribution >= 4 is 29.4 Å². The van der Waals surface area contributed by atoms with E-state index in [0.717, 1.165) is 16.8 Å². The molecule has 1 amide bonds. The first-order chi connectivity index (χ1) is 10.6. The van der Waals surface area contributed by atoms with E-state index in [1.807, 2.05) is 49.4 Å². The summed E-state index contributed by atoms with van der Waals surface area (Å²) in [6.45, 7) is 3.77. The molecule has 1 atom stereocenters. The SMILES string of the molecule is Cc1ccccc1NC(C)C(=O)N/N=C/c1ccccc1Cl. The van der Waals surface area contributed by atoms with Crippen LogP contribution in [-0.2, 0) is 4.79 Å². The molecule has 2 rings (SSSR count). The average Bonchev–Trinajstić information content (AvgIpc) is 2.51. The fraction of sp³-hybridized carbons (Fsp3) is 0.176. The Labute approximate surface area is 135 Å². The first kappa shape index (κ1) is 16.0. The number of halogens is 1. The van der Waals surface area contributed by atoms with Gasteiger partial charge in [-0.3, -0.25) is 4.79 Å². The Morgan fingerprint density at radius 2 is 1.86 bits per heavy atom. The highest BCUT2D eigenvalue weighted by Gasteiger charge is 2.12. The zero-order valence-electron chi connectivity index (χ0n) is 12.5. The fourth-order valence-electron chi connectivity index (χ4n) is 1.88. The molecule has 0 heterocycles. The zero-order valence-corrected chi connectivity index (χ0v) is 13.3. The number of hydrogen-bond acceptors (Lipinski definition) is 3. The van der Waals surface area contributed by atoms with Crippen molar-refractivity contribution in [3.05, 3.63) is 64.7 Å². The number of carbonyl (C=O) groups excluding carboxylic acids is 1. The van der Waals surface area contributed by atoms with Gasteiger partial charge in [0.15, 0.2) is 0 Å². The number of para-hydroxylation sites is 1. The van der Waals surface area contributed by atoms with Crippen molar-refractivity contribution in [2.75, 3.05) is 5.32 Å². The monoisotopic (exact) mass is 315 g/mol. The molecule has 2 aromatic carbocycles. The maximum atomic E-state index is 12.0. The third-order valence-electron chi connectivity index (χ3n) is 3.19. The summed E-state index contributed by atoms with van der Waals surface area (Å²) in [5.74, 6) is -0.216. The van der Waals surface area contributed by atoms with Gasteiger partial charge in [0.1, 0.15) is 6.04 Å². The van der Waals surface area contributed by atoms with Gasteiger partial charge in [-0.2, -0.15) is 5.10 Å². The minimum atomic E-state index is -0.399. The Morgan fingerprint density at radius 1 is 1.18 bits per heavy atom. The third-order valence-corrected chi connectivity index (χ3v) is 3.54. The van der Waals surface area contributed by atoms with Crippen LogP contribution in [0.4, 0.5) is 5.69 Å². The molecule has 5 heteroatoms. The van der Waals surface area contributed by atoms with E-state index in [4.69, 9.17) is 11.6 Å². The summed E-state index contributed by atoms with van der Waals surface area (Å²) in [6.07, 6.45) is 1.53. The molecule has 2 aromatic rings. The number of benzene rings is 2. The minimum absolute atomic E-state index is 0.216. The van der Waals surface area contributed by atoms with Crippen molar-refractivity contribution in [1.29, 1.82) is 0 Å². The highest BCUT2D eigenvalue weighted by molar-refractivity contribution is 6.33. The predicted molar refractivity (Wildman–Crippen MR) is 91.5 cm³/mol. The highest BCUT2D eigenvalue weighted by atomic mass is 35.5. The maximum Gasteiger partial charge on any atom is 0.262 e. The van der Waals surface area contributed by atoms with Crippen LogP contribution < -0.4 is 10.7 Å². The number of aryl methyl sites for hydroxylation is 1. The normalized spacial score (nSPS) is 12.1. The van der Waals surface area contributed by atoms with Gasteiger partial charge in [-0.05, 0) is 31.5 Å². The van der Waals surface area contributed by atoms with E-state index in [1.165, 1.54) is 6.21 Å². The fourth-order valence-corrected chi connectivity index (χ4v) is 2.06. The number of carbonyl (C=O) groups is 1. The molecule has 0 aliphatic rings. The Bertz CT molecular complexity index is 685. The standard InChI is InChI=1S/C17H18ClN3O/c1-12-7-3-6-10-16(12)20-13(2)17(22)21-19-11-14-8-4-5-9-15(14)18/h3-11,13,20H,1-2H3,(H,21,22)/b19-11+. The smallest absolute Gasteiger partial charge is 0.262 e. The number of nitrogens with zero attached hydrogens (tertiary/aromatic N) is 1. The van der Waals surface area contributed by atoms with Crippen molar-refractivity contribution in [3.63, 3.8) is 0 Å². The summed E-state index contributed by atoms with van der Waals surface area (Å²) in [4.78, 5) is 12.0. The quantitative estimate of drug-likeness (QED) is 0.654. The van der Waals surface area contributed by atoms with Crippen molar-refractivity contribution < 1.29 is 4.79 Å². The summed E-state index contributed by atoms with van der Waals surface area (Å²) in [6, 6.07) is 14.7. The van der Waals surface area contributed by atoms with Crippen LogP contribution in [0.2, 0.25) is 5.02 Å². The van der Waals surface area contributed by atoms with Crippen LogP contribution in [0.15, 0.2) is 53.6 Å². The highest BCUT2D eigenvalue weighted by Crippen LogP contribution is 2.14.